The molecule has 0 bridgehead atoms. The van der Waals surface area contributed by atoms with Gasteiger partial charge in [0.1, 0.15) is 5.56 Å². The Morgan fingerprint density at radius 1 is 1.22 bits per heavy atom. The summed E-state index contributed by atoms with van der Waals surface area (Å²) in [6, 6.07) is 5.87. The summed E-state index contributed by atoms with van der Waals surface area (Å²) in [6.07, 6.45) is 2.71. The number of carboxylic acid groups (broad SMARTS) is 1. The number of carboxylic acids is 1. The average Bonchev–Trinajstić information content (AvgIpc) is 2.31. The van der Waals surface area contributed by atoms with Crippen LogP contribution in [0, 0.1) is 6.92 Å². The Bertz CT molecular complexity index is 659. The van der Waals surface area contributed by atoms with E-state index in [1.807, 2.05) is 0 Å². The third-order valence-electron chi connectivity index (χ3n) is 2.56. The van der Waals surface area contributed by atoms with E-state index in [4.69, 9.17) is 10.3 Å². The third-order valence-corrected chi connectivity index (χ3v) is 2.56. The average molecular weight is 247 g/mol. The number of rotatable bonds is 2. The summed E-state index contributed by atoms with van der Waals surface area (Å²) >= 11 is 0. The highest BCUT2D eigenvalue weighted by Crippen LogP contribution is 2.07. The number of pyridine rings is 2. The van der Waals surface area contributed by atoms with Crippen molar-refractivity contribution in [2.24, 2.45) is 0 Å². The molecule has 2 heterocycles. The summed E-state index contributed by atoms with van der Waals surface area (Å²) in [5.74, 6) is -1.26. The van der Waals surface area contributed by atoms with E-state index >= 15 is 0 Å². The van der Waals surface area contributed by atoms with Gasteiger partial charge < -0.3 is 5.11 Å². The molecule has 0 atom stereocenters. The highest BCUT2D eigenvalue weighted by Gasteiger charge is 2.14. The van der Waals surface area contributed by atoms with Crippen molar-refractivity contribution in [1.82, 2.24) is 4.57 Å². The van der Waals surface area contributed by atoms with Gasteiger partial charge in [0.2, 0.25) is 12.4 Å². The summed E-state index contributed by atoms with van der Waals surface area (Å²) in [5.41, 5.74) is 0.214. The van der Waals surface area contributed by atoms with Gasteiger partial charge in [-0.3, -0.25) is 14.6 Å². The molecule has 0 amide bonds. The van der Waals surface area contributed by atoms with E-state index in [1.165, 1.54) is 35.2 Å². The van der Waals surface area contributed by atoms with Crippen LogP contribution < -0.4 is 10.3 Å². The predicted octanol–water partition coefficient (Wildman–Crippen LogP) is 0.369. The largest absolute Gasteiger partial charge is 0.477 e. The molecule has 6 heteroatoms. The predicted molar refractivity (Wildman–Crippen MR) is 61.1 cm³/mol. The van der Waals surface area contributed by atoms with Crippen molar-refractivity contribution in [2.75, 3.05) is 0 Å². The van der Waals surface area contributed by atoms with Crippen molar-refractivity contribution < 1.29 is 19.8 Å². The monoisotopic (exact) mass is 247 g/mol. The number of aromatic carboxylic acids is 1. The summed E-state index contributed by atoms with van der Waals surface area (Å²) < 4.78 is 2.12. The SMILES string of the molecule is Cc1ccc(C(=O)O)c(=O)n1-c1cc[n+](O)cc1. The van der Waals surface area contributed by atoms with Crippen LogP contribution >= 0.6 is 0 Å². The third kappa shape index (κ3) is 1.95. The van der Waals surface area contributed by atoms with Gasteiger partial charge in [-0.15, -0.1) is 0 Å². The van der Waals surface area contributed by atoms with Crippen molar-refractivity contribution in [2.45, 2.75) is 6.92 Å². The molecular formula is C12H11N2O4+. The Hall–Kier alpha value is -2.63. The van der Waals surface area contributed by atoms with Gasteiger partial charge in [0.15, 0.2) is 0 Å². The fraction of sp³-hybridized carbons (Fsp3) is 0.0833. The molecule has 6 nitrogen and oxygen atoms in total. The molecule has 0 radical (unpaired) electrons. The molecule has 0 saturated carbocycles. The Kier molecular flexibility index (Phi) is 2.85. The molecule has 0 unspecified atom stereocenters. The molecule has 92 valence electrons. The molecule has 2 N–H and O–H groups in total. The van der Waals surface area contributed by atoms with Crippen molar-refractivity contribution in [3.8, 4) is 5.69 Å². The Morgan fingerprint density at radius 2 is 1.83 bits per heavy atom. The lowest BCUT2D eigenvalue weighted by Crippen LogP contribution is -2.30. The molecule has 0 saturated heterocycles. The van der Waals surface area contributed by atoms with Gasteiger partial charge in [0, 0.05) is 22.6 Å². The maximum Gasteiger partial charge on any atom is 0.341 e. The number of hydrogen-bond acceptors (Lipinski definition) is 3. The lowest BCUT2D eigenvalue weighted by Gasteiger charge is -2.09. The van der Waals surface area contributed by atoms with Gasteiger partial charge >= 0.3 is 5.97 Å². The van der Waals surface area contributed by atoms with Crippen molar-refractivity contribution >= 4 is 5.97 Å². The van der Waals surface area contributed by atoms with E-state index in [1.54, 1.807) is 13.0 Å². The minimum absolute atomic E-state index is 0.290. The smallest absolute Gasteiger partial charge is 0.341 e. The van der Waals surface area contributed by atoms with Gasteiger partial charge in [0.25, 0.3) is 5.56 Å². The minimum Gasteiger partial charge on any atom is -0.477 e. The second-order valence-electron chi connectivity index (χ2n) is 3.77. The molecule has 2 aromatic rings. The Balaban J connectivity index is 2.71. The van der Waals surface area contributed by atoms with E-state index < -0.39 is 11.5 Å². The number of aromatic nitrogens is 2. The Labute approximate surface area is 102 Å². The topological polar surface area (TPSA) is 83.4 Å². The first-order valence-electron chi connectivity index (χ1n) is 5.17. The van der Waals surface area contributed by atoms with Crippen LogP contribution in [0.5, 0.6) is 0 Å². The van der Waals surface area contributed by atoms with Crippen molar-refractivity contribution in [3.05, 3.63) is 58.3 Å². The second-order valence-corrected chi connectivity index (χ2v) is 3.77. The zero-order chi connectivity index (χ0) is 13.3. The van der Waals surface area contributed by atoms with Crippen LogP contribution in [0.25, 0.3) is 5.69 Å². The zero-order valence-electron chi connectivity index (χ0n) is 9.57. The van der Waals surface area contributed by atoms with Crippen LogP contribution in [0.3, 0.4) is 0 Å². The number of hydrogen-bond donors (Lipinski definition) is 2. The van der Waals surface area contributed by atoms with Gasteiger partial charge in [-0.1, -0.05) is 0 Å². The first-order valence-corrected chi connectivity index (χ1v) is 5.17. The van der Waals surface area contributed by atoms with Crippen LogP contribution in [0.15, 0.2) is 41.5 Å². The second kappa shape index (κ2) is 4.33. The number of nitrogens with zero attached hydrogens (tertiary/aromatic N) is 2. The van der Waals surface area contributed by atoms with Crippen LogP contribution in [0.4, 0.5) is 0 Å². The zero-order valence-corrected chi connectivity index (χ0v) is 9.57. The van der Waals surface area contributed by atoms with E-state index in [2.05, 4.69) is 0 Å². The molecular weight excluding hydrogens is 236 g/mol. The van der Waals surface area contributed by atoms with Gasteiger partial charge in [-0.2, -0.15) is 0 Å². The molecule has 0 aliphatic heterocycles. The maximum atomic E-state index is 12.0. The number of aryl methyl sites for hydroxylation is 1. The normalized spacial score (nSPS) is 10.3. The fourth-order valence-electron chi connectivity index (χ4n) is 1.67. The number of carbonyl (C=O) groups is 1. The molecule has 18 heavy (non-hydrogen) atoms. The summed E-state index contributed by atoms with van der Waals surface area (Å²) in [5, 5.41) is 18.0. The van der Waals surface area contributed by atoms with E-state index in [9.17, 15) is 9.59 Å². The van der Waals surface area contributed by atoms with Crippen molar-refractivity contribution in [3.63, 3.8) is 0 Å². The summed E-state index contributed by atoms with van der Waals surface area (Å²) in [4.78, 5) is 22.9. The first-order chi connectivity index (χ1) is 8.50. The van der Waals surface area contributed by atoms with Gasteiger partial charge in [0.05, 0.1) is 5.69 Å². The standard InChI is InChI=1S/C12H10N2O4/c1-8-2-3-10(12(16)17)11(15)14(8)9-4-6-13(18)7-5-9/h2-7H,1H3,(H-,16,17,18)/p+1. The van der Waals surface area contributed by atoms with E-state index in [-0.39, 0.29) is 5.56 Å². The lowest BCUT2D eigenvalue weighted by atomic mass is 10.2. The fourth-order valence-corrected chi connectivity index (χ4v) is 1.67. The molecule has 0 aliphatic carbocycles. The van der Waals surface area contributed by atoms with Crippen LogP contribution in [0.1, 0.15) is 16.1 Å². The highest BCUT2D eigenvalue weighted by molar-refractivity contribution is 5.87. The summed E-state index contributed by atoms with van der Waals surface area (Å²) in [7, 11) is 0. The first kappa shape index (κ1) is 11.8. The van der Waals surface area contributed by atoms with Crippen LogP contribution in [-0.4, -0.2) is 20.9 Å². The lowest BCUT2D eigenvalue weighted by molar-refractivity contribution is -0.904. The molecule has 2 rings (SSSR count). The van der Waals surface area contributed by atoms with Crippen molar-refractivity contribution in [1.29, 1.82) is 0 Å². The summed E-state index contributed by atoms with van der Waals surface area (Å²) in [6.45, 7) is 1.70. The Morgan fingerprint density at radius 3 is 2.39 bits per heavy atom. The van der Waals surface area contributed by atoms with Gasteiger partial charge in [-0.25, -0.2) is 4.79 Å². The molecule has 2 aromatic heterocycles. The highest BCUT2D eigenvalue weighted by atomic mass is 16.5. The van der Waals surface area contributed by atoms with Gasteiger partial charge in [-0.05, 0) is 19.1 Å². The maximum absolute atomic E-state index is 12.0. The quantitative estimate of drug-likeness (QED) is 0.593. The van der Waals surface area contributed by atoms with E-state index in [0.717, 1.165) is 4.73 Å². The van der Waals surface area contributed by atoms with Crippen LogP contribution in [-0.2, 0) is 0 Å². The molecule has 0 aliphatic rings. The minimum atomic E-state index is -1.26. The molecule has 0 aromatic carbocycles. The molecule has 0 spiro atoms. The van der Waals surface area contributed by atoms with Crippen LogP contribution in [0.2, 0.25) is 0 Å². The molecule has 0 fully saturated rings. The van der Waals surface area contributed by atoms with E-state index in [0.29, 0.717) is 11.4 Å².